The highest BCUT2D eigenvalue weighted by atomic mass is 15.2. The number of rotatable bonds is 4. The lowest BCUT2D eigenvalue weighted by molar-refractivity contribution is 0.00792. The fourth-order valence-corrected chi connectivity index (χ4v) is 4.56. The van der Waals surface area contributed by atoms with E-state index in [1.54, 1.807) is 6.42 Å². The Morgan fingerprint density at radius 2 is 2.00 bits per heavy atom. The van der Waals surface area contributed by atoms with Crippen LogP contribution < -0.4 is 5.32 Å². The number of hydrogen-bond donors (Lipinski definition) is 1. The van der Waals surface area contributed by atoms with E-state index in [9.17, 15) is 0 Å². The second-order valence-corrected chi connectivity index (χ2v) is 6.19. The van der Waals surface area contributed by atoms with Gasteiger partial charge in [-0.15, -0.1) is 0 Å². The predicted octanol–water partition coefficient (Wildman–Crippen LogP) is 2.11. The molecule has 4 rings (SSSR count). The molecule has 0 aromatic heterocycles. The van der Waals surface area contributed by atoms with Crippen molar-refractivity contribution in [1.29, 1.82) is 0 Å². The highest BCUT2D eigenvalue weighted by Crippen LogP contribution is 2.48. The minimum atomic E-state index is 0.993. The molecule has 0 aromatic rings. The van der Waals surface area contributed by atoms with Crippen molar-refractivity contribution in [3.05, 3.63) is 0 Å². The summed E-state index contributed by atoms with van der Waals surface area (Å²) < 4.78 is 0. The van der Waals surface area contributed by atoms with Crippen LogP contribution in [0.15, 0.2) is 0 Å². The molecular formula is C14H26N2. The first-order valence-electron chi connectivity index (χ1n) is 7.27. The Bertz CT molecular complexity index is 213. The SMILES string of the molecule is CNCCCC1CC2C3CCN(CC3)C2C1. The minimum absolute atomic E-state index is 0.993. The zero-order chi connectivity index (χ0) is 11.0. The van der Waals surface area contributed by atoms with Gasteiger partial charge in [0.25, 0.3) is 0 Å². The maximum absolute atomic E-state index is 3.27. The topological polar surface area (TPSA) is 15.3 Å². The van der Waals surface area contributed by atoms with E-state index in [1.165, 1.54) is 51.7 Å². The largest absolute Gasteiger partial charge is 0.320 e. The van der Waals surface area contributed by atoms with Gasteiger partial charge in [0.1, 0.15) is 0 Å². The van der Waals surface area contributed by atoms with Gasteiger partial charge in [-0.1, -0.05) is 0 Å². The first-order chi connectivity index (χ1) is 7.88. The van der Waals surface area contributed by atoms with Gasteiger partial charge in [-0.3, -0.25) is 0 Å². The van der Waals surface area contributed by atoms with Crippen molar-refractivity contribution in [2.24, 2.45) is 17.8 Å². The van der Waals surface area contributed by atoms with E-state index >= 15 is 0 Å². The van der Waals surface area contributed by atoms with E-state index in [0.29, 0.717) is 0 Å². The lowest BCUT2D eigenvalue weighted by atomic mass is 9.75. The number of piperidine rings is 3. The smallest absolute Gasteiger partial charge is 0.0129 e. The first-order valence-corrected chi connectivity index (χ1v) is 7.27. The number of hydrogen-bond acceptors (Lipinski definition) is 2. The Balaban J connectivity index is 1.55. The molecule has 0 radical (unpaired) electrons. The highest BCUT2D eigenvalue weighted by Gasteiger charge is 2.47. The summed E-state index contributed by atoms with van der Waals surface area (Å²) in [6.45, 7) is 4.03. The Kier molecular flexibility index (Phi) is 3.21. The molecule has 4 fully saturated rings. The Hall–Kier alpha value is -0.0800. The summed E-state index contributed by atoms with van der Waals surface area (Å²) in [4.78, 5) is 2.81. The van der Waals surface area contributed by atoms with E-state index in [1.807, 2.05) is 0 Å². The van der Waals surface area contributed by atoms with Gasteiger partial charge in [-0.05, 0) is 83.0 Å². The molecule has 3 atom stereocenters. The van der Waals surface area contributed by atoms with Gasteiger partial charge >= 0.3 is 0 Å². The van der Waals surface area contributed by atoms with Gasteiger partial charge in [-0.25, -0.2) is 0 Å². The number of fused-ring (bicyclic) bond motifs is 2. The highest BCUT2D eigenvalue weighted by molar-refractivity contribution is 5.00. The molecule has 3 unspecified atom stereocenters. The van der Waals surface area contributed by atoms with Gasteiger partial charge in [-0.2, -0.15) is 0 Å². The van der Waals surface area contributed by atoms with Crippen LogP contribution >= 0.6 is 0 Å². The molecular weight excluding hydrogens is 196 g/mol. The third-order valence-corrected chi connectivity index (χ3v) is 5.36. The minimum Gasteiger partial charge on any atom is -0.320 e. The molecule has 1 N–H and O–H groups in total. The predicted molar refractivity (Wildman–Crippen MR) is 67.5 cm³/mol. The molecule has 0 aromatic carbocycles. The van der Waals surface area contributed by atoms with Crippen molar-refractivity contribution in [3.63, 3.8) is 0 Å². The zero-order valence-corrected chi connectivity index (χ0v) is 10.6. The first kappa shape index (κ1) is 11.0. The van der Waals surface area contributed by atoms with Crippen LogP contribution in [-0.4, -0.2) is 37.6 Å². The van der Waals surface area contributed by atoms with Crippen molar-refractivity contribution in [3.8, 4) is 0 Å². The molecule has 2 bridgehead atoms. The van der Waals surface area contributed by atoms with Crippen LogP contribution in [0.4, 0.5) is 0 Å². The van der Waals surface area contributed by atoms with Crippen molar-refractivity contribution < 1.29 is 0 Å². The quantitative estimate of drug-likeness (QED) is 0.733. The number of nitrogens with zero attached hydrogens (tertiary/aromatic N) is 1. The molecule has 3 saturated heterocycles. The molecule has 4 aliphatic rings. The average molecular weight is 222 g/mol. The van der Waals surface area contributed by atoms with E-state index in [-0.39, 0.29) is 0 Å². The Morgan fingerprint density at radius 3 is 2.69 bits per heavy atom. The Morgan fingerprint density at radius 1 is 1.19 bits per heavy atom. The number of nitrogens with one attached hydrogen (secondary N) is 1. The van der Waals surface area contributed by atoms with Gasteiger partial charge in [0.15, 0.2) is 0 Å². The molecule has 2 nitrogen and oxygen atoms in total. The van der Waals surface area contributed by atoms with Gasteiger partial charge < -0.3 is 10.2 Å². The van der Waals surface area contributed by atoms with Crippen molar-refractivity contribution in [1.82, 2.24) is 10.2 Å². The second kappa shape index (κ2) is 4.66. The van der Waals surface area contributed by atoms with Crippen LogP contribution in [0.2, 0.25) is 0 Å². The second-order valence-electron chi connectivity index (χ2n) is 6.19. The van der Waals surface area contributed by atoms with E-state index in [4.69, 9.17) is 0 Å². The van der Waals surface area contributed by atoms with Crippen LogP contribution in [0.5, 0.6) is 0 Å². The average Bonchev–Trinajstić information content (AvgIpc) is 2.76. The maximum atomic E-state index is 3.27. The molecule has 16 heavy (non-hydrogen) atoms. The maximum Gasteiger partial charge on any atom is 0.0129 e. The van der Waals surface area contributed by atoms with Crippen molar-refractivity contribution >= 4 is 0 Å². The normalized spacial score (nSPS) is 45.9. The third kappa shape index (κ3) is 1.91. The summed E-state index contributed by atoms with van der Waals surface area (Å²) in [5.41, 5.74) is 0. The summed E-state index contributed by atoms with van der Waals surface area (Å²) in [5.74, 6) is 3.23. The van der Waals surface area contributed by atoms with Gasteiger partial charge in [0, 0.05) is 6.04 Å². The molecule has 3 heterocycles. The Labute approximate surface area is 99.8 Å². The van der Waals surface area contributed by atoms with Gasteiger partial charge in [0.05, 0.1) is 0 Å². The van der Waals surface area contributed by atoms with Crippen LogP contribution in [-0.2, 0) is 0 Å². The lowest BCUT2D eigenvalue weighted by Gasteiger charge is -2.48. The van der Waals surface area contributed by atoms with E-state index in [2.05, 4.69) is 17.3 Å². The molecule has 92 valence electrons. The zero-order valence-electron chi connectivity index (χ0n) is 10.6. The van der Waals surface area contributed by atoms with Gasteiger partial charge in [0.2, 0.25) is 0 Å². The van der Waals surface area contributed by atoms with Crippen molar-refractivity contribution in [2.45, 2.75) is 44.6 Å². The van der Waals surface area contributed by atoms with E-state index in [0.717, 1.165) is 23.8 Å². The monoisotopic (exact) mass is 222 g/mol. The van der Waals surface area contributed by atoms with Crippen LogP contribution in [0, 0.1) is 17.8 Å². The van der Waals surface area contributed by atoms with Crippen LogP contribution in [0.1, 0.15) is 38.5 Å². The molecule has 0 spiro atoms. The fraction of sp³-hybridized carbons (Fsp3) is 1.00. The molecule has 3 aliphatic heterocycles. The standard InChI is InChI=1S/C14H26N2/c1-15-6-2-3-11-9-13-12-4-7-16(8-5-12)14(13)10-11/h11-15H,2-10H2,1H3. The lowest BCUT2D eigenvalue weighted by Crippen LogP contribution is -2.52. The van der Waals surface area contributed by atoms with Crippen molar-refractivity contribution in [2.75, 3.05) is 26.7 Å². The van der Waals surface area contributed by atoms with Crippen LogP contribution in [0.25, 0.3) is 0 Å². The summed E-state index contributed by atoms with van der Waals surface area (Å²) in [7, 11) is 2.07. The fourth-order valence-electron chi connectivity index (χ4n) is 4.56. The molecule has 0 amide bonds. The molecule has 1 aliphatic carbocycles. The summed E-state index contributed by atoms with van der Waals surface area (Å²) in [5, 5.41) is 3.27. The summed E-state index contributed by atoms with van der Waals surface area (Å²) in [6.07, 6.45) is 8.93. The van der Waals surface area contributed by atoms with E-state index < -0.39 is 0 Å². The summed E-state index contributed by atoms with van der Waals surface area (Å²) in [6, 6.07) is 0.993. The third-order valence-electron chi connectivity index (χ3n) is 5.36. The van der Waals surface area contributed by atoms with Crippen LogP contribution in [0.3, 0.4) is 0 Å². The summed E-state index contributed by atoms with van der Waals surface area (Å²) >= 11 is 0. The molecule has 1 saturated carbocycles. The molecule has 2 heteroatoms.